The van der Waals surface area contributed by atoms with Gasteiger partial charge in [0.05, 0.1) is 64.4 Å². The largest absolute Gasteiger partial charge is 0.387 e. The minimum absolute atomic E-state index is 0.127. The Morgan fingerprint density at radius 1 is 0.963 bits per heavy atom. The van der Waals surface area contributed by atoms with Gasteiger partial charge in [0.15, 0.2) is 17.8 Å². The molecule has 0 bridgehead atoms. The fourth-order valence-corrected chi connectivity index (χ4v) is 7.77. The number of halogens is 1. The van der Waals surface area contributed by atoms with Crippen LogP contribution in [0.3, 0.4) is 0 Å². The van der Waals surface area contributed by atoms with Crippen LogP contribution in [0.15, 0.2) is 30.5 Å². The summed E-state index contributed by atoms with van der Waals surface area (Å²) in [4.78, 5) is 48.5. The summed E-state index contributed by atoms with van der Waals surface area (Å²) in [6, 6.07) is 7.48. The van der Waals surface area contributed by atoms with E-state index in [1.807, 2.05) is 24.3 Å². The monoisotopic (exact) mass is 820 g/mol. The Balaban J connectivity index is 1.22. The van der Waals surface area contributed by atoms with Gasteiger partial charge in [-0.25, -0.2) is 4.68 Å². The zero-order chi connectivity index (χ0) is 39.1. The highest BCUT2D eigenvalue weighted by molar-refractivity contribution is 7.70. The number of anilines is 1. The molecule has 1 fully saturated rings. The topological polar surface area (TPSA) is 275 Å². The van der Waals surface area contributed by atoms with Crippen molar-refractivity contribution in [3.63, 3.8) is 0 Å². The number of aliphatic hydroxyl groups is 2. The standard InChI is InChI=1S/C31H43ClN6O14P2/c1-2-7-47-9-11-49-13-14-50-12-10-48-8-6-25(39)33-16-21-4-3-5-22(15-21)17-34-28-23-18-35-38(29(23)37-31(32)36-28)30-27(41)26(40)24(52-30)19-51-54(45,46)20-53(42,43)44/h1,3-5,15,18,24,26-27,30,40-41H,6-14,16-17,19-20H2,(H,33,39)(H,45,46)(H,34,36,37)(H2,42,43,44)/t24-,26-,27-,30-/m1/s1. The highest BCUT2D eigenvalue weighted by atomic mass is 35.5. The molecule has 4 rings (SSSR count). The highest BCUT2D eigenvalue weighted by Crippen LogP contribution is 2.55. The summed E-state index contributed by atoms with van der Waals surface area (Å²) < 4.78 is 56.0. The highest BCUT2D eigenvalue weighted by Gasteiger charge is 2.46. The number of hydrogen-bond acceptors (Lipinski definition) is 15. The number of terminal acetylenes is 1. The zero-order valence-corrected chi connectivity index (χ0v) is 31.5. The maximum absolute atomic E-state index is 12.3. The van der Waals surface area contributed by atoms with Crippen LogP contribution in [0.25, 0.3) is 11.0 Å². The van der Waals surface area contributed by atoms with Crippen molar-refractivity contribution in [3.8, 4) is 12.3 Å². The molecular weight excluding hydrogens is 778 g/mol. The quantitative estimate of drug-likeness (QED) is 0.0284. The summed E-state index contributed by atoms with van der Waals surface area (Å²) >= 11 is 6.22. The minimum atomic E-state index is -4.88. The fourth-order valence-electron chi connectivity index (χ4n) is 5.03. The Morgan fingerprint density at radius 3 is 2.28 bits per heavy atom. The van der Waals surface area contributed by atoms with Crippen LogP contribution < -0.4 is 10.6 Å². The molecule has 23 heteroatoms. The average molecular weight is 821 g/mol. The second-order valence-electron chi connectivity index (χ2n) is 11.7. The van der Waals surface area contributed by atoms with E-state index >= 15 is 0 Å². The van der Waals surface area contributed by atoms with Gasteiger partial charge in [-0.3, -0.25) is 13.9 Å². The van der Waals surface area contributed by atoms with Gasteiger partial charge in [-0.1, -0.05) is 30.2 Å². The lowest BCUT2D eigenvalue weighted by Gasteiger charge is -2.18. The molecule has 7 N–H and O–H groups in total. The van der Waals surface area contributed by atoms with E-state index in [-0.39, 0.29) is 43.0 Å². The number of aromatic nitrogens is 4. The Bertz CT molecular complexity index is 1810. The van der Waals surface area contributed by atoms with E-state index in [9.17, 15) is 29.0 Å². The predicted octanol–water partition coefficient (Wildman–Crippen LogP) is 0.754. The summed E-state index contributed by atoms with van der Waals surface area (Å²) in [5.74, 6) is 1.06. The lowest BCUT2D eigenvalue weighted by molar-refractivity contribution is -0.122. The average Bonchev–Trinajstić information content (AvgIpc) is 3.65. The summed E-state index contributed by atoms with van der Waals surface area (Å²) in [5.41, 5.74) is 1.83. The molecule has 1 amide bonds. The number of nitrogens with zero attached hydrogens (tertiary/aromatic N) is 4. The molecule has 1 aliphatic rings. The second kappa shape index (κ2) is 21.3. The van der Waals surface area contributed by atoms with Crippen molar-refractivity contribution in [2.45, 2.75) is 44.1 Å². The number of ether oxygens (including phenoxy) is 5. The molecule has 5 atom stereocenters. The van der Waals surface area contributed by atoms with Crippen molar-refractivity contribution in [1.82, 2.24) is 25.1 Å². The molecule has 0 spiro atoms. The number of nitrogens with one attached hydrogen (secondary N) is 2. The molecule has 2 aromatic heterocycles. The molecule has 1 unspecified atom stereocenters. The lowest BCUT2D eigenvalue weighted by Crippen LogP contribution is -2.33. The molecule has 1 aromatic carbocycles. The molecule has 0 aliphatic carbocycles. The van der Waals surface area contributed by atoms with Crippen molar-refractivity contribution in [2.24, 2.45) is 0 Å². The summed E-state index contributed by atoms with van der Waals surface area (Å²) in [6.07, 6.45) is 0.734. The van der Waals surface area contributed by atoms with Crippen LogP contribution in [0.4, 0.5) is 5.82 Å². The molecule has 3 aromatic rings. The molecule has 3 heterocycles. The predicted molar refractivity (Wildman–Crippen MR) is 191 cm³/mol. The van der Waals surface area contributed by atoms with Gasteiger partial charge in [0.1, 0.15) is 30.7 Å². The maximum atomic E-state index is 12.3. The van der Waals surface area contributed by atoms with E-state index in [1.165, 1.54) is 6.20 Å². The Kier molecular flexibility index (Phi) is 17.2. The summed E-state index contributed by atoms with van der Waals surface area (Å²) in [5, 5.41) is 31.7. The first kappa shape index (κ1) is 43.6. The van der Waals surface area contributed by atoms with E-state index in [4.69, 9.17) is 56.0 Å². The molecule has 54 heavy (non-hydrogen) atoms. The zero-order valence-electron chi connectivity index (χ0n) is 28.9. The first-order valence-electron chi connectivity index (χ1n) is 16.5. The van der Waals surface area contributed by atoms with Gasteiger partial charge in [0.25, 0.3) is 0 Å². The van der Waals surface area contributed by atoms with Gasteiger partial charge in [-0.05, 0) is 22.7 Å². The number of rotatable bonds is 24. The van der Waals surface area contributed by atoms with Crippen LogP contribution in [-0.4, -0.2) is 134 Å². The summed E-state index contributed by atoms with van der Waals surface area (Å²) in [6.45, 7) is 2.73. The molecule has 298 valence electrons. The van der Waals surface area contributed by atoms with E-state index in [2.05, 4.69) is 31.6 Å². The molecule has 1 aliphatic heterocycles. The van der Waals surface area contributed by atoms with E-state index in [0.717, 1.165) is 15.8 Å². The summed E-state index contributed by atoms with van der Waals surface area (Å²) in [7, 11) is -9.62. The number of amides is 1. The van der Waals surface area contributed by atoms with Gasteiger partial charge < -0.3 is 63.7 Å². The molecule has 0 saturated carbocycles. The van der Waals surface area contributed by atoms with Crippen molar-refractivity contribution < 1.29 is 67.0 Å². The first-order chi connectivity index (χ1) is 25.8. The Labute approximate surface area is 315 Å². The van der Waals surface area contributed by atoms with E-state index in [0.29, 0.717) is 57.4 Å². The van der Waals surface area contributed by atoms with Gasteiger partial charge in [0, 0.05) is 19.5 Å². The van der Waals surface area contributed by atoms with Crippen LogP contribution in [0, 0.1) is 12.3 Å². The molecular formula is C31H43ClN6O14P2. The van der Waals surface area contributed by atoms with Crippen LogP contribution >= 0.6 is 26.8 Å². The van der Waals surface area contributed by atoms with Crippen LogP contribution in [0.1, 0.15) is 23.8 Å². The third kappa shape index (κ3) is 14.2. The third-order valence-corrected chi connectivity index (χ3v) is 11.1. The smallest absolute Gasteiger partial charge is 0.340 e. The van der Waals surface area contributed by atoms with Crippen molar-refractivity contribution in [3.05, 3.63) is 46.9 Å². The SMILES string of the molecule is C#CCOCCOCCOCCOCCC(=O)NCc1cccc(CNc2nc(Cl)nc3c2cnn3[C@@H]2O[C@H](COP(=O)(O)CP(=O)(O)O)[C@@H](O)[C@H]2O)c1. The Morgan fingerprint density at radius 2 is 1.61 bits per heavy atom. The second-order valence-corrected chi connectivity index (χ2v) is 16.1. The van der Waals surface area contributed by atoms with Crippen molar-refractivity contribution in [2.75, 3.05) is 70.7 Å². The number of hydrogen-bond donors (Lipinski definition) is 7. The van der Waals surface area contributed by atoms with Gasteiger partial charge in [-0.2, -0.15) is 15.1 Å². The minimum Gasteiger partial charge on any atom is -0.387 e. The maximum Gasteiger partial charge on any atom is 0.340 e. The van der Waals surface area contributed by atoms with E-state index < -0.39 is 52.2 Å². The number of carbonyl (C=O) groups excluding carboxylic acids is 1. The lowest BCUT2D eigenvalue weighted by atomic mass is 10.1. The number of aliphatic hydroxyl groups excluding tert-OH is 2. The third-order valence-electron chi connectivity index (χ3n) is 7.52. The van der Waals surface area contributed by atoms with Gasteiger partial charge in [0.2, 0.25) is 11.2 Å². The van der Waals surface area contributed by atoms with Crippen molar-refractivity contribution in [1.29, 1.82) is 0 Å². The van der Waals surface area contributed by atoms with Gasteiger partial charge in [-0.15, -0.1) is 6.42 Å². The molecule has 0 radical (unpaired) electrons. The first-order valence-corrected chi connectivity index (χ1v) is 20.5. The number of fused-ring (bicyclic) bond motifs is 1. The molecule has 20 nitrogen and oxygen atoms in total. The van der Waals surface area contributed by atoms with Crippen LogP contribution in [-0.2, 0) is 55.2 Å². The number of carbonyl (C=O) groups is 1. The number of benzene rings is 1. The Hall–Kier alpha value is -3.09. The van der Waals surface area contributed by atoms with Crippen molar-refractivity contribution >= 4 is 49.6 Å². The molecule has 1 saturated heterocycles. The normalized spacial score (nSPS) is 19.8. The van der Waals surface area contributed by atoms with Gasteiger partial charge >= 0.3 is 15.2 Å². The fraction of sp³-hybridized carbons (Fsp3) is 0.548. The van der Waals surface area contributed by atoms with E-state index in [1.54, 1.807) is 0 Å². The van der Waals surface area contributed by atoms with Crippen LogP contribution in [0.5, 0.6) is 0 Å². The van der Waals surface area contributed by atoms with Crippen LogP contribution in [0.2, 0.25) is 5.28 Å².